The molecule has 0 radical (unpaired) electrons. The number of primary amides is 1. The van der Waals surface area contributed by atoms with E-state index in [1.165, 1.54) is 6.07 Å². The number of hydrogen-bond acceptors (Lipinski definition) is 4. The van der Waals surface area contributed by atoms with E-state index >= 15 is 0 Å². The molecule has 0 aliphatic heterocycles. The molecule has 1 unspecified atom stereocenters. The Hall–Kier alpha value is -1.45. The SMILES string of the molecule is NC(=O)CC(N)C(=O)Nc1c(Br)cc(Br)cc1C(=O)O. The number of carboxylic acid groups (broad SMARTS) is 1. The van der Waals surface area contributed by atoms with Crippen molar-refractivity contribution >= 4 is 55.3 Å². The molecule has 0 aromatic heterocycles. The highest BCUT2D eigenvalue weighted by Gasteiger charge is 2.21. The van der Waals surface area contributed by atoms with Crippen LogP contribution in [0.25, 0.3) is 0 Å². The minimum atomic E-state index is -1.22. The Morgan fingerprint density at radius 1 is 1.30 bits per heavy atom. The fourth-order valence-electron chi connectivity index (χ4n) is 1.39. The predicted molar refractivity (Wildman–Crippen MR) is 79.2 cm³/mol. The second kappa shape index (κ2) is 6.82. The van der Waals surface area contributed by atoms with Gasteiger partial charge in [-0.2, -0.15) is 0 Å². The van der Waals surface area contributed by atoms with Gasteiger partial charge in [-0.1, -0.05) is 15.9 Å². The predicted octanol–water partition coefficient (Wildman–Crippen LogP) is 1.05. The van der Waals surface area contributed by atoms with Crippen LogP contribution in [0, 0.1) is 0 Å². The van der Waals surface area contributed by atoms with Gasteiger partial charge in [0, 0.05) is 8.95 Å². The number of anilines is 1. The Balaban J connectivity index is 3.05. The maximum absolute atomic E-state index is 11.8. The average Bonchev–Trinajstić information content (AvgIpc) is 2.30. The summed E-state index contributed by atoms with van der Waals surface area (Å²) in [5.41, 5.74) is 10.4. The van der Waals surface area contributed by atoms with E-state index in [1.54, 1.807) is 6.07 Å². The van der Waals surface area contributed by atoms with Crippen molar-refractivity contribution in [2.75, 3.05) is 5.32 Å². The van der Waals surface area contributed by atoms with E-state index in [2.05, 4.69) is 37.2 Å². The molecular formula is C11H11Br2N3O4. The molecule has 1 aromatic rings. The highest BCUT2D eigenvalue weighted by molar-refractivity contribution is 9.11. The zero-order valence-electron chi connectivity index (χ0n) is 10.0. The number of carbonyl (C=O) groups excluding carboxylic acids is 2. The first-order valence-corrected chi connectivity index (χ1v) is 6.88. The van der Waals surface area contributed by atoms with E-state index in [1.807, 2.05) is 0 Å². The number of rotatable bonds is 5. The van der Waals surface area contributed by atoms with Gasteiger partial charge in [-0.05, 0) is 28.1 Å². The summed E-state index contributed by atoms with van der Waals surface area (Å²) in [5, 5.41) is 11.5. The lowest BCUT2D eigenvalue weighted by Gasteiger charge is -2.14. The van der Waals surface area contributed by atoms with Crippen molar-refractivity contribution in [3.63, 3.8) is 0 Å². The Morgan fingerprint density at radius 2 is 1.90 bits per heavy atom. The molecule has 0 aliphatic carbocycles. The van der Waals surface area contributed by atoms with Crippen LogP contribution in [0.5, 0.6) is 0 Å². The van der Waals surface area contributed by atoms with Gasteiger partial charge in [-0.15, -0.1) is 0 Å². The van der Waals surface area contributed by atoms with Crippen LogP contribution in [0.15, 0.2) is 21.1 Å². The van der Waals surface area contributed by atoms with Gasteiger partial charge in [-0.25, -0.2) is 4.79 Å². The van der Waals surface area contributed by atoms with Crippen LogP contribution >= 0.6 is 31.9 Å². The number of carboxylic acids is 1. The standard InChI is InChI=1S/C11H11Br2N3O4/c12-4-1-5(11(19)20)9(6(13)2-4)16-10(18)7(14)3-8(15)17/h1-2,7H,3,14H2,(H2,15,17)(H,16,18)(H,19,20). The lowest BCUT2D eigenvalue weighted by molar-refractivity contribution is -0.123. The minimum Gasteiger partial charge on any atom is -0.478 e. The van der Waals surface area contributed by atoms with Crippen molar-refractivity contribution in [2.24, 2.45) is 11.5 Å². The van der Waals surface area contributed by atoms with Crippen LogP contribution in [-0.2, 0) is 9.59 Å². The van der Waals surface area contributed by atoms with Crippen molar-refractivity contribution in [2.45, 2.75) is 12.5 Å². The third-order valence-corrected chi connectivity index (χ3v) is 3.37. The molecule has 0 saturated carbocycles. The molecule has 108 valence electrons. The second-order valence-electron chi connectivity index (χ2n) is 3.88. The lowest BCUT2D eigenvalue weighted by atomic mass is 10.1. The number of nitrogens with one attached hydrogen (secondary N) is 1. The average molecular weight is 409 g/mol. The molecule has 7 nitrogen and oxygen atoms in total. The fraction of sp³-hybridized carbons (Fsp3) is 0.182. The first kappa shape index (κ1) is 16.6. The van der Waals surface area contributed by atoms with Gasteiger partial charge in [0.2, 0.25) is 11.8 Å². The molecule has 1 rings (SSSR count). The van der Waals surface area contributed by atoms with Crippen molar-refractivity contribution < 1.29 is 19.5 Å². The molecule has 0 spiro atoms. The van der Waals surface area contributed by atoms with Gasteiger partial charge in [-0.3, -0.25) is 9.59 Å². The number of amides is 2. The van der Waals surface area contributed by atoms with E-state index < -0.39 is 23.8 Å². The van der Waals surface area contributed by atoms with Crippen LogP contribution in [0.1, 0.15) is 16.8 Å². The van der Waals surface area contributed by atoms with Gasteiger partial charge in [0.25, 0.3) is 0 Å². The molecule has 0 bridgehead atoms. The third-order valence-electron chi connectivity index (χ3n) is 2.29. The second-order valence-corrected chi connectivity index (χ2v) is 5.65. The summed E-state index contributed by atoms with van der Waals surface area (Å²) in [6.07, 6.45) is -0.331. The quantitative estimate of drug-likeness (QED) is 0.577. The van der Waals surface area contributed by atoms with Crippen molar-refractivity contribution in [3.05, 3.63) is 26.6 Å². The fourth-order valence-corrected chi connectivity index (χ4v) is 2.72. The van der Waals surface area contributed by atoms with E-state index in [9.17, 15) is 14.4 Å². The molecule has 9 heteroatoms. The van der Waals surface area contributed by atoms with Gasteiger partial charge in [0.05, 0.1) is 23.7 Å². The first-order valence-electron chi connectivity index (χ1n) is 5.29. The normalized spacial score (nSPS) is 11.8. The molecule has 1 atom stereocenters. The van der Waals surface area contributed by atoms with Gasteiger partial charge < -0.3 is 21.9 Å². The lowest BCUT2D eigenvalue weighted by Crippen LogP contribution is -2.39. The number of benzene rings is 1. The summed E-state index contributed by atoms with van der Waals surface area (Å²) in [7, 11) is 0. The van der Waals surface area contributed by atoms with Crippen molar-refractivity contribution in [1.82, 2.24) is 0 Å². The van der Waals surface area contributed by atoms with E-state index in [0.29, 0.717) is 8.95 Å². The van der Waals surface area contributed by atoms with E-state index in [4.69, 9.17) is 16.6 Å². The number of halogens is 2. The van der Waals surface area contributed by atoms with E-state index in [-0.39, 0.29) is 17.7 Å². The molecule has 0 heterocycles. The number of aromatic carboxylic acids is 1. The summed E-state index contributed by atoms with van der Waals surface area (Å²) < 4.78 is 0.894. The number of nitrogens with two attached hydrogens (primary N) is 2. The molecule has 0 saturated heterocycles. The molecule has 2 amide bonds. The molecule has 0 fully saturated rings. The Kier molecular flexibility index (Phi) is 5.66. The topological polar surface area (TPSA) is 136 Å². The summed E-state index contributed by atoms with van der Waals surface area (Å²) in [4.78, 5) is 33.7. The van der Waals surface area contributed by atoms with Crippen LogP contribution in [0.3, 0.4) is 0 Å². The van der Waals surface area contributed by atoms with E-state index in [0.717, 1.165) is 0 Å². The van der Waals surface area contributed by atoms with Crippen molar-refractivity contribution in [3.8, 4) is 0 Å². The molecule has 20 heavy (non-hydrogen) atoms. The zero-order valence-corrected chi connectivity index (χ0v) is 13.2. The highest BCUT2D eigenvalue weighted by Crippen LogP contribution is 2.31. The Morgan fingerprint density at radius 3 is 2.40 bits per heavy atom. The van der Waals surface area contributed by atoms with Crippen LogP contribution < -0.4 is 16.8 Å². The molecule has 0 aliphatic rings. The third kappa shape index (κ3) is 4.29. The van der Waals surface area contributed by atoms with Crippen LogP contribution in [0.4, 0.5) is 5.69 Å². The Bertz CT molecular complexity index is 577. The molecular weight excluding hydrogens is 398 g/mol. The van der Waals surface area contributed by atoms with Crippen LogP contribution in [-0.4, -0.2) is 28.9 Å². The molecule has 6 N–H and O–H groups in total. The largest absolute Gasteiger partial charge is 0.478 e. The zero-order chi connectivity index (χ0) is 15.4. The smallest absolute Gasteiger partial charge is 0.337 e. The number of hydrogen-bond donors (Lipinski definition) is 4. The molecule has 1 aromatic carbocycles. The summed E-state index contributed by atoms with van der Waals surface area (Å²) in [6, 6.07) is 1.76. The Labute approximate surface area is 130 Å². The summed E-state index contributed by atoms with van der Waals surface area (Å²) in [5.74, 6) is -2.64. The summed E-state index contributed by atoms with van der Waals surface area (Å²) >= 11 is 6.31. The highest BCUT2D eigenvalue weighted by atomic mass is 79.9. The monoisotopic (exact) mass is 407 g/mol. The van der Waals surface area contributed by atoms with Crippen molar-refractivity contribution in [1.29, 1.82) is 0 Å². The minimum absolute atomic E-state index is 0.0608. The summed E-state index contributed by atoms with van der Waals surface area (Å²) in [6.45, 7) is 0. The number of carbonyl (C=O) groups is 3. The van der Waals surface area contributed by atoms with Gasteiger partial charge >= 0.3 is 5.97 Å². The van der Waals surface area contributed by atoms with Crippen LogP contribution in [0.2, 0.25) is 0 Å². The van der Waals surface area contributed by atoms with Gasteiger partial charge in [0.15, 0.2) is 0 Å². The van der Waals surface area contributed by atoms with Gasteiger partial charge in [0.1, 0.15) is 0 Å². The maximum atomic E-state index is 11.8. The maximum Gasteiger partial charge on any atom is 0.337 e. The first-order chi connectivity index (χ1) is 9.22.